The lowest BCUT2D eigenvalue weighted by molar-refractivity contribution is -0.0444. The highest BCUT2D eigenvalue weighted by Crippen LogP contribution is 2.22. The Bertz CT molecular complexity index is 514. The summed E-state index contributed by atoms with van der Waals surface area (Å²) in [6.45, 7) is 10.3. The quantitative estimate of drug-likeness (QED) is 0.875. The summed E-state index contributed by atoms with van der Waals surface area (Å²) in [5.41, 5.74) is 2.62. The number of aliphatic hydroxyl groups is 1. The molecule has 2 rings (SSSR count). The van der Waals surface area contributed by atoms with E-state index in [1.54, 1.807) is 11.8 Å². The maximum atomic E-state index is 11.7. The molecule has 1 aromatic carbocycles. The number of carbonyl (C=O) groups is 1. The molecule has 5 heteroatoms. The lowest BCUT2D eigenvalue weighted by Gasteiger charge is -2.38. The number of likely N-dealkylation sites (tertiary alicyclic amines) is 1. The summed E-state index contributed by atoms with van der Waals surface area (Å²) in [6, 6.07) is 8.36. The fourth-order valence-corrected chi connectivity index (χ4v) is 2.37. The largest absolute Gasteiger partial charge is 0.392 e. The van der Waals surface area contributed by atoms with Gasteiger partial charge in [-0.25, -0.2) is 4.79 Å². The Hall–Kier alpha value is -1.59. The van der Waals surface area contributed by atoms with Gasteiger partial charge in [-0.05, 0) is 23.5 Å². The van der Waals surface area contributed by atoms with Crippen molar-refractivity contribution in [3.63, 3.8) is 0 Å². The van der Waals surface area contributed by atoms with E-state index in [0.29, 0.717) is 19.7 Å². The van der Waals surface area contributed by atoms with Crippen molar-refractivity contribution >= 4 is 6.03 Å². The monoisotopic (exact) mass is 320 g/mol. The van der Waals surface area contributed by atoms with Crippen LogP contribution in [-0.2, 0) is 16.8 Å². The van der Waals surface area contributed by atoms with Crippen molar-refractivity contribution in [2.45, 2.75) is 51.9 Å². The maximum Gasteiger partial charge on any atom is 0.317 e. The second-order valence-electron chi connectivity index (χ2n) is 7.32. The lowest BCUT2D eigenvalue weighted by atomic mass is 9.87. The van der Waals surface area contributed by atoms with Crippen molar-refractivity contribution in [1.29, 1.82) is 0 Å². The van der Waals surface area contributed by atoms with Crippen LogP contribution in [0, 0.1) is 0 Å². The Balaban J connectivity index is 1.69. The normalized spacial score (nSPS) is 16.8. The van der Waals surface area contributed by atoms with Crippen molar-refractivity contribution in [1.82, 2.24) is 10.2 Å². The number of benzene rings is 1. The van der Waals surface area contributed by atoms with E-state index in [-0.39, 0.29) is 24.1 Å². The SMILES string of the molecule is CC(O)CNC(=O)N1CC(OCc2ccc(C(C)(C)C)cc2)C1. The predicted molar refractivity (Wildman–Crippen MR) is 90.4 cm³/mol. The van der Waals surface area contributed by atoms with Crippen LogP contribution in [0.2, 0.25) is 0 Å². The number of rotatable bonds is 5. The summed E-state index contributed by atoms with van der Waals surface area (Å²) in [5.74, 6) is 0. The van der Waals surface area contributed by atoms with Crippen molar-refractivity contribution < 1.29 is 14.6 Å². The number of urea groups is 1. The molecule has 0 spiro atoms. The van der Waals surface area contributed by atoms with E-state index in [1.165, 1.54) is 5.56 Å². The summed E-state index contributed by atoms with van der Waals surface area (Å²) >= 11 is 0. The van der Waals surface area contributed by atoms with Gasteiger partial charge < -0.3 is 20.1 Å². The van der Waals surface area contributed by atoms with E-state index >= 15 is 0 Å². The Morgan fingerprint density at radius 1 is 1.35 bits per heavy atom. The average molecular weight is 320 g/mol. The molecular formula is C18H28N2O3. The third-order valence-corrected chi connectivity index (χ3v) is 3.99. The Labute approximate surface area is 138 Å². The zero-order valence-electron chi connectivity index (χ0n) is 14.5. The lowest BCUT2D eigenvalue weighted by Crippen LogP contribution is -2.58. The molecule has 1 aliphatic heterocycles. The van der Waals surface area contributed by atoms with E-state index in [9.17, 15) is 4.79 Å². The fourth-order valence-electron chi connectivity index (χ4n) is 2.37. The van der Waals surface area contributed by atoms with Crippen LogP contribution in [0.5, 0.6) is 0 Å². The van der Waals surface area contributed by atoms with Crippen LogP contribution in [0.4, 0.5) is 4.79 Å². The summed E-state index contributed by atoms with van der Waals surface area (Å²) in [7, 11) is 0. The Kier molecular flexibility index (Phi) is 5.65. The van der Waals surface area contributed by atoms with Crippen LogP contribution in [0.15, 0.2) is 24.3 Å². The second kappa shape index (κ2) is 7.32. The molecule has 23 heavy (non-hydrogen) atoms. The van der Waals surface area contributed by atoms with Gasteiger partial charge in [0.1, 0.15) is 0 Å². The van der Waals surface area contributed by atoms with Gasteiger partial charge in [-0.15, -0.1) is 0 Å². The molecule has 0 saturated carbocycles. The van der Waals surface area contributed by atoms with Crippen LogP contribution in [0.3, 0.4) is 0 Å². The van der Waals surface area contributed by atoms with E-state index in [0.717, 1.165) is 5.56 Å². The first-order valence-corrected chi connectivity index (χ1v) is 8.17. The first-order chi connectivity index (χ1) is 10.8. The predicted octanol–water partition coefficient (Wildman–Crippen LogP) is 2.28. The smallest absolute Gasteiger partial charge is 0.317 e. The molecule has 2 N–H and O–H groups in total. The second-order valence-corrected chi connectivity index (χ2v) is 7.32. The topological polar surface area (TPSA) is 61.8 Å². The highest BCUT2D eigenvalue weighted by molar-refractivity contribution is 5.75. The first-order valence-electron chi connectivity index (χ1n) is 8.17. The minimum Gasteiger partial charge on any atom is -0.392 e. The van der Waals surface area contributed by atoms with E-state index < -0.39 is 6.10 Å². The Morgan fingerprint density at radius 2 is 1.96 bits per heavy atom. The van der Waals surface area contributed by atoms with Gasteiger partial charge in [-0.2, -0.15) is 0 Å². The summed E-state index contributed by atoms with van der Waals surface area (Å²) in [6.07, 6.45) is -0.432. The van der Waals surface area contributed by atoms with Crippen LogP contribution in [0.1, 0.15) is 38.8 Å². The summed E-state index contributed by atoms with van der Waals surface area (Å²) < 4.78 is 5.82. The van der Waals surface area contributed by atoms with Gasteiger partial charge in [0.25, 0.3) is 0 Å². The van der Waals surface area contributed by atoms with E-state index in [1.807, 2.05) is 0 Å². The number of hydrogen-bond acceptors (Lipinski definition) is 3. The van der Waals surface area contributed by atoms with Crippen molar-refractivity contribution in [2.24, 2.45) is 0 Å². The average Bonchev–Trinajstić information content (AvgIpc) is 2.43. The van der Waals surface area contributed by atoms with Gasteiger partial charge >= 0.3 is 6.03 Å². The zero-order chi connectivity index (χ0) is 17.0. The molecule has 1 heterocycles. The van der Waals surface area contributed by atoms with Crippen LogP contribution >= 0.6 is 0 Å². The van der Waals surface area contributed by atoms with Gasteiger partial charge in [0.15, 0.2) is 0 Å². The molecule has 1 unspecified atom stereocenters. The number of aliphatic hydroxyl groups excluding tert-OH is 1. The molecule has 2 amide bonds. The number of carbonyl (C=O) groups excluding carboxylic acids is 1. The number of hydrogen-bond donors (Lipinski definition) is 2. The minimum atomic E-state index is -0.525. The molecule has 1 atom stereocenters. The van der Waals surface area contributed by atoms with Gasteiger partial charge in [-0.1, -0.05) is 45.0 Å². The van der Waals surface area contributed by atoms with Gasteiger partial charge in [0.05, 0.1) is 31.9 Å². The standard InChI is InChI=1S/C18H28N2O3/c1-13(21)9-19-17(22)20-10-16(11-20)23-12-14-5-7-15(8-6-14)18(2,3)4/h5-8,13,16,21H,9-12H2,1-4H3,(H,19,22). The molecule has 1 saturated heterocycles. The molecule has 1 aromatic rings. The number of ether oxygens (including phenoxy) is 1. The van der Waals surface area contributed by atoms with E-state index in [4.69, 9.17) is 9.84 Å². The van der Waals surface area contributed by atoms with Gasteiger partial charge in [-0.3, -0.25) is 0 Å². The number of amides is 2. The van der Waals surface area contributed by atoms with E-state index in [2.05, 4.69) is 50.4 Å². The van der Waals surface area contributed by atoms with Crippen molar-refractivity contribution in [2.75, 3.05) is 19.6 Å². The van der Waals surface area contributed by atoms with Crippen molar-refractivity contribution in [3.05, 3.63) is 35.4 Å². The van der Waals surface area contributed by atoms with Crippen LogP contribution < -0.4 is 5.32 Å². The van der Waals surface area contributed by atoms with Crippen LogP contribution in [-0.4, -0.2) is 47.9 Å². The highest BCUT2D eigenvalue weighted by atomic mass is 16.5. The highest BCUT2D eigenvalue weighted by Gasteiger charge is 2.31. The van der Waals surface area contributed by atoms with Gasteiger partial charge in [0, 0.05) is 6.54 Å². The molecule has 1 aliphatic rings. The third kappa shape index (κ3) is 5.22. The molecule has 5 nitrogen and oxygen atoms in total. The fraction of sp³-hybridized carbons (Fsp3) is 0.611. The first kappa shape index (κ1) is 17.8. The molecule has 1 fully saturated rings. The van der Waals surface area contributed by atoms with Gasteiger partial charge in [0.2, 0.25) is 0 Å². The Morgan fingerprint density at radius 3 is 2.48 bits per heavy atom. The minimum absolute atomic E-state index is 0.0922. The molecule has 0 radical (unpaired) electrons. The maximum absolute atomic E-state index is 11.7. The summed E-state index contributed by atoms with van der Waals surface area (Å²) in [5, 5.41) is 11.8. The molecule has 0 bridgehead atoms. The van der Waals surface area contributed by atoms with Crippen LogP contribution in [0.25, 0.3) is 0 Å². The number of nitrogens with zero attached hydrogens (tertiary/aromatic N) is 1. The summed E-state index contributed by atoms with van der Waals surface area (Å²) in [4.78, 5) is 13.4. The zero-order valence-corrected chi connectivity index (χ0v) is 14.5. The molecule has 128 valence electrons. The molecular weight excluding hydrogens is 292 g/mol. The molecule has 0 aliphatic carbocycles. The third-order valence-electron chi connectivity index (χ3n) is 3.99. The number of nitrogens with one attached hydrogen (secondary N) is 1. The molecule has 0 aromatic heterocycles. The van der Waals surface area contributed by atoms with Crippen molar-refractivity contribution in [3.8, 4) is 0 Å².